The number of nitro groups is 1. The first-order chi connectivity index (χ1) is 8.24. The summed E-state index contributed by atoms with van der Waals surface area (Å²) in [7, 11) is 0. The Balaban J connectivity index is 1.81. The number of fused-ring (bicyclic) bond motifs is 1. The first-order valence-corrected chi connectivity index (χ1v) is 6.42. The molecule has 0 N–H and O–H groups in total. The van der Waals surface area contributed by atoms with E-state index >= 15 is 0 Å². The highest BCUT2D eigenvalue weighted by Gasteiger charge is 2.30. The van der Waals surface area contributed by atoms with Crippen LogP contribution < -0.4 is 0 Å². The summed E-state index contributed by atoms with van der Waals surface area (Å²) in [5.74, 6) is 1.12. The first-order valence-electron chi connectivity index (χ1n) is 5.44. The molecule has 0 aromatic heterocycles. The fraction of sp³-hybridized carbons (Fsp3) is 0.364. The summed E-state index contributed by atoms with van der Waals surface area (Å²) in [4.78, 5) is 17.1. The molecular weight excluding hydrogens is 238 g/mol. The third kappa shape index (κ3) is 1.88. The average molecular weight is 249 g/mol. The molecule has 5 nitrogen and oxygen atoms in total. The second kappa shape index (κ2) is 4.03. The fourth-order valence-electron chi connectivity index (χ4n) is 2.10. The van der Waals surface area contributed by atoms with Gasteiger partial charge in [0.15, 0.2) is 5.17 Å². The summed E-state index contributed by atoms with van der Waals surface area (Å²) in [6, 6.07) is 6.84. The van der Waals surface area contributed by atoms with Gasteiger partial charge in [-0.1, -0.05) is 11.8 Å². The molecule has 2 aliphatic heterocycles. The molecule has 88 valence electrons. The molecule has 1 aromatic rings. The number of amidine groups is 1. The maximum Gasteiger partial charge on any atom is 0.269 e. The predicted molar refractivity (Wildman–Crippen MR) is 67.3 cm³/mol. The predicted octanol–water partition coefficient (Wildman–Crippen LogP) is 2.05. The van der Waals surface area contributed by atoms with Gasteiger partial charge in [-0.2, -0.15) is 0 Å². The van der Waals surface area contributed by atoms with E-state index in [2.05, 4.69) is 9.89 Å². The van der Waals surface area contributed by atoms with E-state index in [-0.39, 0.29) is 16.7 Å². The maximum absolute atomic E-state index is 10.6. The van der Waals surface area contributed by atoms with Crippen LogP contribution in [0.1, 0.15) is 11.6 Å². The summed E-state index contributed by atoms with van der Waals surface area (Å²) < 4.78 is 0. The van der Waals surface area contributed by atoms with E-state index in [4.69, 9.17) is 0 Å². The van der Waals surface area contributed by atoms with Gasteiger partial charge < -0.3 is 4.90 Å². The molecule has 17 heavy (non-hydrogen) atoms. The van der Waals surface area contributed by atoms with Crippen LogP contribution in [0.5, 0.6) is 0 Å². The number of hydrogen-bond acceptors (Lipinski definition) is 5. The zero-order chi connectivity index (χ0) is 11.8. The van der Waals surface area contributed by atoms with Crippen molar-refractivity contribution in [2.45, 2.75) is 6.04 Å². The van der Waals surface area contributed by atoms with Crippen molar-refractivity contribution >= 4 is 22.6 Å². The number of nitrogens with zero attached hydrogens (tertiary/aromatic N) is 3. The van der Waals surface area contributed by atoms with Crippen LogP contribution in [0.2, 0.25) is 0 Å². The lowest BCUT2D eigenvalue weighted by molar-refractivity contribution is -0.384. The summed E-state index contributed by atoms with van der Waals surface area (Å²) >= 11 is 1.79. The Morgan fingerprint density at radius 3 is 2.82 bits per heavy atom. The van der Waals surface area contributed by atoms with Crippen molar-refractivity contribution in [3.8, 4) is 0 Å². The minimum Gasteiger partial charge on any atom is -0.348 e. The molecule has 1 fully saturated rings. The van der Waals surface area contributed by atoms with Gasteiger partial charge in [-0.3, -0.25) is 15.1 Å². The van der Waals surface area contributed by atoms with Gasteiger partial charge >= 0.3 is 0 Å². The topological polar surface area (TPSA) is 58.7 Å². The second-order valence-electron chi connectivity index (χ2n) is 4.07. The SMILES string of the molecule is O=[N+]([O-])c1ccc(C2CN3CCSC3=N2)cc1. The second-order valence-corrected chi connectivity index (χ2v) is 5.13. The molecular formula is C11H11N3O2S. The van der Waals surface area contributed by atoms with Crippen molar-refractivity contribution in [1.82, 2.24) is 4.90 Å². The normalized spacial score (nSPS) is 22.5. The van der Waals surface area contributed by atoms with E-state index in [1.807, 2.05) is 0 Å². The van der Waals surface area contributed by atoms with Crippen molar-refractivity contribution in [1.29, 1.82) is 0 Å². The van der Waals surface area contributed by atoms with E-state index in [1.165, 1.54) is 0 Å². The Labute approximate surface area is 103 Å². The molecule has 0 radical (unpaired) electrons. The smallest absolute Gasteiger partial charge is 0.269 e. The van der Waals surface area contributed by atoms with E-state index in [1.54, 1.807) is 36.0 Å². The van der Waals surface area contributed by atoms with Gasteiger partial charge in [-0.05, 0) is 17.7 Å². The molecule has 0 bridgehead atoms. The highest BCUT2D eigenvalue weighted by Crippen LogP contribution is 2.32. The molecule has 0 spiro atoms. The van der Waals surface area contributed by atoms with Gasteiger partial charge in [0.25, 0.3) is 5.69 Å². The average Bonchev–Trinajstić information content (AvgIpc) is 2.89. The van der Waals surface area contributed by atoms with Gasteiger partial charge in [0.2, 0.25) is 0 Å². The highest BCUT2D eigenvalue weighted by molar-refractivity contribution is 8.14. The molecule has 1 saturated heterocycles. The van der Waals surface area contributed by atoms with Crippen molar-refractivity contribution in [3.05, 3.63) is 39.9 Å². The number of hydrogen-bond donors (Lipinski definition) is 0. The molecule has 1 atom stereocenters. The summed E-state index contributed by atoms with van der Waals surface area (Å²) in [6.07, 6.45) is 0. The third-order valence-electron chi connectivity index (χ3n) is 3.01. The molecule has 0 saturated carbocycles. The summed E-state index contributed by atoms with van der Waals surface area (Å²) in [6.45, 7) is 1.97. The zero-order valence-corrected chi connectivity index (χ0v) is 9.89. The van der Waals surface area contributed by atoms with Gasteiger partial charge in [-0.15, -0.1) is 0 Å². The van der Waals surface area contributed by atoms with Crippen molar-refractivity contribution < 1.29 is 4.92 Å². The fourth-order valence-corrected chi connectivity index (χ4v) is 3.15. The third-order valence-corrected chi connectivity index (χ3v) is 4.02. The van der Waals surface area contributed by atoms with Crippen molar-refractivity contribution in [2.24, 2.45) is 4.99 Å². The lowest BCUT2D eigenvalue weighted by atomic mass is 10.1. The van der Waals surface area contributed by atoms with E-state index in [0.29, 0.717) is 0 Å². The van der Waals surface area contributed by atoms with Gasteiger partial charge in [0, 0.05) is 31.0 Å². The number of nitro benzene ring substituents is 1. The molecule has 2 heterocycles. The van der Waals surface area contributed by atoms with Gasteiger partial charge in [0.05, 0.1) is 11.0 Å². The van der Waals surface area contributed by atoms with E-state index in [0.717, 1.165) is 29.6 Å². The first kappa shape index (κ1) is 10.6. The lowest BCUT2D eigenvalue weighted by Crippen LogP contribution is -2.21. The Kier molecular flexibility index (Phi) is 2.51. The van der Waals surface area contributed by atoms with Crippen LogP contribution in [-0.4, -0.2) is 33.8 Å². The minimum atomic E-state index is -0.377. The van der Waals surface area contributed by atoms with Crippen LogP contribution in [0, 0.1) is 10.1 Å². The molecule has 0 aliphatic carbocycles. The Morgan fingerprint density at radius 1 is 1.41 bits per heavy atom. The minimum absolute atomic E-state index is 0.134. The van der Waals surface area contributed by atoms with Crippen LogP contribution >= 0.6 is 11.8 Å². The monoisotopic (exact) mass is 249 g/mol. The molecule has 0 amide bonds. The zero-order valence-electron chi connectivity index (χ0n) is 9.07. The van der Waals surface area contributed by atoms with Gasteiger partial charge in [-0.25, -0.2) is 0 Å². The van der Waals surface area contributed by atoms with Crippen molar-refractivity contribution in [2.75, 3.05) is 18.8 Å². The quantitative estimate of drug-likeness (QED) is 0.594. The van der Waals surface area contributed by atoms with Crippen molar-refractivity contribution in [3.63, 3.8) is 0 Å². The number of non-ortho nitro benzene ring substituents is 1. The molecule has 2 aliphatic rings. The van der Waals surface area contributed by atoms with Crippen LogP contribution in [0.15, 0.2) is 29.3 Å². The van der Waals surface area contributed by atoms with E-state index < -0.39 is 0 Å². The van der Waals surface area contributed by atoms with Crippen LogP contribution in [0.4, 0.5) is 5.69 Å². The Hall–Kier alpha value is -1.56. The van der Waals surface area contributed by atoms with Crippen LogP contribution in [0.3, 0.4) is 0 Å². The van der Waals surface area contributed by atoms with Crippen LogP contribution in [-0.2, 0) is 0 Å². The number of rotatable bonds is 2. The van der Waals surface area contributed by atoms with E-state index in [9.17, 15) is 10.1 Å². The lowest BCUT2D eigenvalue weighted by Gasteiger charge is -2.12. The van der Waals surface area contributed by atoms with Crippen LogP contribution in [0.25, 0.3) is 0 Å². The Morgan fingerprint density at radius 2 is 2.18 bits per heavy atom. The Bertz CT molecular complexity index is 486. The number of aliphatic imine (C=N–C) groups is 1. The molecule has 6 heteroatoms. The highest BCUT2D eigenvalue weighted by atomic mass is 32.2. The largest absolute Gasteiger partial charge is 0.348 e. The number of thioether (sulfide) groups is 1. The summed E-state index contributed by atoms with van der Waals surface area (Å²) in [5.41, 5.74) is 1.19. The maximum atomic E-state index is 10.6. The number of benzene rings is 1. The molecule has 3 rings (SSSR count). The molecule has 1 aromatic carbocycles. The summed E-state index contributed by atoms with van der Waals surface area (Å²) in [5, 5.41) is 11.7. The molecule has 1 unspecified atom stereocenters. The van der Waals surface area contributed by atoms with Gasteiger partial charge in [0.1, 0.15) is 0 Å². The standard InChI is InChI=1S/C11H11N3O2S/c15-14(16)9-3-1-8(2-4-9)10-7-13-5-6-17-11(13)12-10/h1-4,10H,5-7H2.